The highest BCUT2D eigenvalue weighted by molar-refractivity contribution is 5.43. The largest absolute Gasteiger partial charge is 0.504 e. The molecule has 6 heteroatoms. The highest BCUT2D eigenvalue weighted by Crippen LogP contribution is 2.33. The molecule has 1 heterocycles. The number of hydrogen-bond acceptors (Lipinski definition) is 6. The maximum Gasteiger partial charge on any atom is 0.160 e. The summed E-state index contributed by atoms with van der Waals surface area (Å²) in [5.74, 6) is 0.302. The zero-order valence-electron chi connectivity index (χ0n) is 9.95. The lowest BCUT2D eigenvalue weighted by atomic mass is 10.0. The van der Waals surface area contributed by atoms with Gasteiger partial charge in [0.1, 0.15) is 6.10 Å². The van der Waals surface area contributed by atoms with Gasteiger partial charge in [-0.15, -0.1) is 0 Å². The fraction of sp³-hybridized carbons (Fsp3) is 0.500. The Labute approximate surface area is 104 Å². The van der Waals surface area contributed by atoms with Gasteiger partial charge >= 0.3 is 0 Å². The Morgan fingerprint density at radius 1 is 1.28 bits per heavy atom. The molecule has 0 unspecified atom stereocenters. The third kappa shape index (κ3) is 2.15. The lowest BCUT2D eigenvalue weighted by molar-refractivity contribution is 0.0194. The summed E-state index contributed by atoms with van der Waals surface area (Å²) in [4.78, 5) is 0. The van der Waals surface area contributed by atoms with Crippen molar-refractivity contribution in [3.05, 3.63) is 23.8 Å². The minimum Gasteiger partial charge on any atom is -0.504 e. The van der Waals surface area contributed by atoms with E-state index in [1.807, 2.05) is 0 Å². The highest BCUT2D eigenvalue weighted by Gasteiger charge is 2.41. The summed E-state index contributed by atoms with van der Waals surface area (Å²) >= 11 is 0. The Bertz CT molecular complexity index is 425. The summed E-state index contributed by atoms with van der Waals surface area (Å²) in [6, 6.07) is 3.62. The van der Waals surface area contributed by atoms with Crippen LogP contribution in [0.25, 0.3) is 0 Å². The molecule has 18 heavy (non-hydrogen) atoms. The third-order valence-electron chi connectivity index (χ3n) is 3.26. The van der Waals surface area contributed by atoms with Crippen LogP contribution < -0.4 is 10.1 Å². The second-order valence-corrected chi connectivity index (χ2v) is 4.35. The summed E-state index contributed by atoms with van der Waals surface area (Å²) < 4.78 is 4.93. The summed E-state index contributed by atoms with van der Waals surface area (Å²) in [5.41, 5.74) is 0.621. The van der Waals surface area contributed by atoms with Crippen LogP contribution in [0.4, 0.5) is 0 Å². The van der Waals surface area contributed by atoms with E-state index in [9.17, 15) is 15.3 Å². The average molecular weight is 255 g/mol. The summed E-state index contributed by atoms with van der Waals surface area (Å²) in [5, 5.41) is 41.2. The third-order valence-corrected chi connectivity index (χ3v) is 3.26. The first-order valence-corrected chi connectivity index (χ1v) is 5.68. The summed E-state index contributed by atoms with van der Waals surface area (Å²) in [7, 11) is 1.45. The first-order valence-electron chi connectivity index (χ1n) is 5.68. The second kappa shape index (κ2) is 5.11. The molecule has 1 aromatic rings. The lowest BCUT2D eigenvalue weighted by Crippen LogP contribution is -2.35. The molecule has 100 valence electrons. The number of ether oxygens (including phenoxy) is 1. The average Bonchev–Trinajstić information content (AvgIpc) is 2.66. The fourth-order valence-corrected chi connectivity index (χ4v) is 2.22. The number of phenols is 1. The molecular weight excluding hydrogens is 238 g/mol. The van der Waals surface area contributed by atoms with Gasteiger partial charge in [0, 0.05) is 0 Å². The van der Waals surface area contributed by atoms with Crippen LogP contribution in [-0.4, -0.2) is 52.4 Å². The molecule has 2 rings (SSSR count). The zero-order chi connectivity index (χ0) is 13.3. The Morgan fingerprint density at radius 3 is 2.50 bits per heavy atom. The van der Waals surface area contributed by atoms with Crippen LogP contribution in [0, 0.1) is 0 Å². The van der Waals surface area contributed by atoms with Gasteiger partial charge in [0.15, 0.2) is 11.5 Å². The number of benzene rings is 1. The van der Waals surface area contributed by atoms with E-state index in [2.05, 4.69) is 5.32 Å². The number of aliphatic hydroxyl groups excluding tert-OH is 3. The maximum absolute atomic E-state index is 9.89. The van der Waals surface area contributed by atoms with Crippen LogP contribution in [0.15, 0.2) is 18.2 Å². The first-order chi connectivity index (χ1) is 8.58. The monoisotopic (exact) mass is 255 g/mol. The van der Waals surface area contributed by atoms with E-state index in [1.54, 1.807) is 12.1 Å². The van der Waals surface area contributed by atoms with E-state index < -0.39 is 24.3 Å². The number of aliphatic hydroxyl groups is 3. The molecule has 0 bridgehead atoms. The van der Waals surface area contributed by atoms with E-state index in [0.29, 0.717) is 11.3 Å². The smallest absolute Gasteiger partial charge is 0.160 e. The van der Waals surface area contributed by atoms with Crippen molar-refractivity contribution in [2.45, 2.75) is 24.3 Å². The number of methoxy groups -OCH3 is 1. The van der Waals surface area contributed by atoms with Gasteiger partial charge in [-0.3, -0.25) is 0 Å². The normalized spacial score (nSPS) is 31.6. The fourth-order valence-electron chi connectivity index (χ4n) is 2.22. The molecule has 1 saturated heterocycles. The molecule has 6 nitrogen and oxygen atoms in total. The summed E-state index contributed by atoms with van der Waals surface area (Å²) in [6.45, 7) is -0.267. The van der Waals surface area contributed by atoms with Crippen LogP contribution in [0.2, 0.25) is 0 Å². The van der Waals surface area contributed by atoms with Gasteiger partial charge in [-0.05, 0) is 17.7 Å². The number of aromatic hydroxyl groups is 1. The van der Waals surface area contributed by atoms with Crippen LogP contribution in [0.5, 0.6) is 11.5 Å². The number of rotatable bonds is 3. The van der Waals surface area contributed by atoms with Gasteiger partial charge in [-0.2, -0.15) is 0 Å². The molecule has 4 atom stereocenters. The van der Waals surface area contributed by atoms with Gasteiger partial charge in [0.05, 0.1) is 31.9 Å². The van der Waals surface area contributed by atoms with Crippen LogP contribution in [0.1, 0.15) is 11.6 Å². The second-order valence-electron chi connectivity index (χ2n) is 4.35. The van der Waals surface area contributed by atoms with E-state index in [-0.39, 0.29) is 12.4 Å². The Hall–Kier alpha value is -1.34. The van der Waals surface area contributed by atoms with Gasteiger partial charge in [-0.1, -0.05) is 6.07 Å². The molecule has 0 amide bonds. The number of nitrogens with one attached hydrogen (secondary N) is 1. The molecule has 0 aromatic heterocycles. The van der Waals surface area contributed by atoms with Crippen LogP contribution in [-0.2, 0) is 0 Å². The van der Waals surface area contributed by atoms with Crippen molar-refractivity contribution in [1.82, 2.24) is 5.32 Å². The maximum atomic E-state index is 9.89. The Morgan fingerprint density at radius 2 is 2.00 bits per heavy atom. The van der Waals surface area contributed by atoms with Crippen molar-refractivity contribution in [1.29, 1.82) is 0 Å². The molecule has 0 radical (unpaired) electrons. The van der Waals surface area contributed by atoms with Crippen LogP contribution in [0.3, 0.4) is 0 Å². The SMILES string of the molecule is COc1ccc([C@@H]2N[C@@H](CO)[C@H](O)[C@H]2O)cc1O. The van der Waals surface area contributed by atoms with Gasteiger partial charge in [0.2, 0.25) is 0 Å². The Balaban J connectivity index is 2.24. The number of phenolic OH excluding ortho intramolecular Hbond substituents is 1. The molecule has 0 spiro atoms. The molecule has 1 aliphatic heterocycles. The highest BCUT2D eigenvalue weighted by atomic mass is 16.5. The van der Waals surface area contributed by atoms with E-state index >= 15 is 0 Å². The van der Waals surface area contributed by atoms with E-state index in [0.717, 1.165) is 0 Å². The zero-order valence-corrected chi connectivity index (χ0v) is 9.95. The molecule has 1 fully saturated rings. The molecular formula is C12H17NO5. The standard InChI is InChI=1S/C12H17NO5/c1-18-9-3-2-6(4-8(9)15)10-12(17)11(16)7(5-14)13-10/h2-4,7,10-17H,5H2,1H3/t7-,10-,11-,12-/m0/s1. The van der Waals surface area contributed by atoms with Crippen molar-refractivity contribution in [2.24, 2.45) is 0 Å². The lowest BCUT2D eigenvalue weighted by Gasteiger charge is -2.17. The van der Waals surface area contributed by atoms with Crippen molar-refractivity contribution < 1.29 is 25.2 Å². The van der Waals surface area contributed by atoms with Crippen molar-refractivity contribution >= 4 is 0 Å². The predicted molar refractivity (Wildman–Crippen MR) is 63.4 cm³/mol. The van der Waals surface area contributed by atoms with Gasteiger partial charge in [-0.25, -0.2) is 0 Å². The topological polar surface area (TPSA) is 102 Å². The van der Waals surface area contributed by atoms with Crippen molar-refractivity contribution in [3.8, 4) is 11.5 Å². The quantitative estimate of drug-likeness (QED) is 0.481. The van der Waals surface area contributed by atoms with Gasteiger partial charge in [0.25, 0.3) is 0 Å². The first kappa shape index (κ1) is 13.1. The number of hydrogen-bond donors (Lipinski definition) is 5. The van der Waals surface area contributed by atoms with Crippen LogP contribution >= 0.6 is 0 Å². The molecule has 5 N–H and O–H groups in total. The molecule has 0 saturated carbocycles. The Kier molecular flexibility index (Phi) is 3.72. The molecule has 1 aliphatic rings. The minimum absolute atomic E-state index is 0.0362. The van der Waals surface area contributed by atoms with Crippen molar-refractivity contribution in [2.75, 3.05) is 13.7 Å². The molecule has 1 aromatic carbocycles. The van der Waals surface area contributed by atoms with E-state index in [4.69, 9.17) is 9.84 Å². The van der Waals surface area contributed by atoms with Crippen molar-refractivity contribution in [3.63, 3.8) is 0 Å². The minimum atomic E-state index is -1.04. The predicted octanol–water partition coefficient (Wildman–Crippen LogP) is -0.872. The van der Waals surface area contributed by atoms with E-state index in [1.165, 1.54) is 13.2 Å². The van der Waals surface area contributed by atoms with Gasteiger partial charge < -0.3 is 30.5 Å². The molecule has 0 aliphatic carbocycles. The summed E-state index contributed by atoms with van der Waals surface area (Å²) in [6.07, 6.45) is -2.07.